The summed E-state index contributed by atoms with van der Waals surface area (Å²) in [5.74, 6) is -0.339. The average molecular weight is 232 g/mol. The third-order valence-electron chi connectivity index (χ3n) is 2.34. The van der Waals surface area contributed by atoms with Crippen LogP contribution >= 0.6 is 7.14 Å². The molecule has 0 saturated heterocycles. The van der Waals surface area contributed by atoms with Crippen LogP contribution in [0, 0.1) is 0 Å². The molecule has 0 bridgehead atoms. The fourth-order valence-corrected chi connectivity index (χ4v) is 3.23. The second kappa shape index (κ2) is 6.84. The fourth-order valence-electron chi connectivity index (χ4n) is 1.33. The maximum absolute atomic E-state index is 12.1. The zero-order valence-electron chi connectivity index (χ0n) is 10.1. The molecule has 0 heterocycles. The lowest BCUT2D eigenvalue weighted by Gasteiger charge is -2.13. The van der Waals surface area contributed by atoms with E-state index in [1.807, 2.05) is 20.8 Å². The van der Waals surface area contributed by atoms with Crippen molar-refractivity contribution in [3.05, 3.63) is 11.6 Å². The van der Waals surface area contributed by atoms with Crippen molar-refractivity contribution >= 4 is 13.1 Å². The molecule has 0 spiro atoms. The monoisotopic (exact) mass is 232 g/mol. The van der Waals surface area contributed by atoms with Crippen LogP contribution < -0.4 is 0 Å². The van der Waals surface area contributed by atoms with Crippen molar-refractivity contribution in [2.24, 2.45) is 0 Å². The Labute approximate surface area is 92.3 Å². The van der Waals surface area contributed by atoms with Crippen molar-refractivity contribution in [1.29, 1.82) is 0 Å². The zero-order chi connectivity index (χ0) is 11.9. The van der Waals surface area contributed by atoms with Gasteiger partial charge in [0.05, 0.1) is 13.7 Å². The Morgan fingerprint density at radius 1 is 1.27 bits per heavy atom. The highest BCUT2D eigenvalue weighted by molar-refractivity contribution is 7.64. The molecule has 15 heavy (non-hydrogen) atoms. The van der Waals surface area contributed by atoms with E-state index in [2.05, 4.69) is 0 Å². The van der Waals surface area contributed by atoms with Gasteiger partial charge in [0.25, 0.3) is 0 Å². The van der Waals surface area contributed by atoms with Crippen LogP contribution in [0.3, 0.4) is 0 Å². The van der Waals surface area contributed by atoms with Gasteiger partial charge in [-0.15, -0.1) is 0 Å². The van der Waals surface area contributed by atoms with Crippen molar-refractivity contribution in [3.8, 4) is 0 Å². The van der Waals surface area contributed by atoms with Gasteiger partial charge in [0, 0.05) is 12.2 Å². The molecule has 0 rings (SSSR count). The maximum Gasteiger partial charge on any atom is 0.330 e. The van der Waals surface area contributed by atoms with Crippen LogP contribution in [0.2, 0.25) is 0 Å². The summed E-state index contributed by atoms with van der Waals surface area (Å²) in [6.45, 7) is 7.84. The molecule has 88 valence electrons. The molecule has 0 radical (unpaired) electrons. The predicted octanol–water partition coefficient (Wildman–Crippen LogP) is 2.90. The van der Waals surface area contributed by atoms with Gasteiger partial charge in [-0.1, -0.05) is 19.4 Å². The zero-order valence-corrected chi connectivity index (χ0v) is 11.0. The average Bonchev–Trinajstić information content (AvgIpc) is 2.17. The number of hydrogen-bond donors (Lipinski definition) is 0. The Bertz CT molecular complexity index is 274. The van der Waals surface area contributed by atoms with Gasteiger partial charge in [-0.05, 0) is 26.2 Å². The largest absolute Gasteiger partial charge is 0.463 e. The fraction of sp³-hybridized carbons (Fsp3) is 0.727. The highest BCUT2D eigenvalue weighted by atomic mass is 31.2. The first-order chi connectivity index (χ1) is 6.97. The second-order valence-electron chi connectivity index (χ2n) is 3.59. The van der Waals surface area contributed by atoms with Crippen LogP contribution in [-0.4, -0.2) is 31.1 Å². The highest BCUT2D eigenvalue weighted by Crippen LogP contribution is 2.45. The molecule has 0 unspecified atom stereocenters. The molecule has 0 atom stereocenters. The first kappa shape index (κ1) is 14.4. The Morgan fingerprint density at radius 2 is 1.80 bits per heavy atom. The van der Waals surface area contributed by atoms with E-state index >= 15 is 0 Å². The Balaban J connectivity index is 4.40. The van der Waals surface area contributed by atoms with Gasteiger partial charge >= 0.3 is 5.97 Å². The van der Waals surface area contributed by atoms with Gasteiger partial charge in [0.2, 0.25) is 0 Å². The van der Waals surface area contributed by atoms with Crippen LogP contribution in [0.5, 0.6) is 0 Å². The first-order valence-electron chi connectivity index (χ1n) is 5.38. The number of carbonyl (C=O) groups excluding carboxylic acids is 1. The molecule has 0 aromatic heterocycles. The van der Waals surface area contributed by atoms with E-state index < -0.39 is 7.14 Å². The van der Waals surface area contributed by atoms with Crippen molar-refractivity contribution in [1.82, 2.24) is 0 Å². The van der Waals surface area contributed by atoms with Crippen molar-refractivity contribution in [2.75, 3.05) is 25.1 Å². The van der Waals surface area contributed by atoms with E-state index in [1.54, 1.807) is 6.92 Å². The predicted molar refractivity (Wildman–Crippen MR) is 63.9 cm³/mol. The number of esters is 1. The van der Waals surface area contributed by atoms with Crippen molar-refractivity contribution in [3.63, 3.8) is 0 Å². The number of allylic oxidation sites excluding steroid dienone is 1. The molecule has 0 aromatic rings. The molecule has 0 amide bonds. The number of hydrogen-bond acceptors (Lipinski definition) is 3. The van der Waals surface area contributed by atoms with Crippen molar-refractivity contribution < 1.29 is 14.1 Å². The minimum Gasteiger partial charge on any atom is -0.463 e. The summed E-state index contributed by atoms with van der Waals surface area (Å²) >= 11 is 0. The SMILES string of the molecule is CCOC(=O)C=C(C)CP(=O)(CC)CC. The van der Waals surface area contributed by atoms with Gasteiger partial charge < -0.3 is 9.30 Å². The molecule has 0 aliphatic rings. The Hall–Kier alpha value is -0.560. The summed E-state index contributed by atoms with van der Waals surface area (Å²) in [6.07, 6.45) is 3.36. The summed E-state index contributed by atoms with van der Waals surface area (Å²) < 4.78 is 16.9. The number of rotatable bonds is 6. The number of carbonyl (C=O) groups is 1. The van der Waals surface area contributed by atoms with Crippen LogP contribution in [0.15, 0.2) is 11.6 Å². The summed E-state index contributed by atoms with van der Waals surface area (Å²) in [5, 5.41) is 0. The molecule has 0 saturated carbocycles. The van der Waals surface area contributed by atoms with E-state index in [4.69, 9.17) is 4.74 Å². The molecule has 0 aliphatic heterocycles. The van der Waals surface area contributed by atoms with Crippen LogP contribution in [0.1, 0.15) is 27.7 Å². The molecule has 3 nitrogen and oxygen atoms in total. The lowest BCUT2D eigenvalue weighted by Crippen LogP contribution is -2.03. The highest BCUT2D eigenvalue weighted by Gasteiger charge is 2.17. The summed E-state index contributed by atoms with van der Waals surface area (Å²) in [4.78, 5) is 11.1. The molecule has 4 heteroatoms. The van der Waals surface area contributed by atoms with Crippen LogP contribution in [0.25, 0.3) is 0 Å². The smallest absolute Gasteiger partial charge is 0.330 e. The Kier molecular flexibility index (Phi) is 6.58. The summed E-state index contributed by atoms with van der Waals surface area (Å²) in [7, 11) is -2.09. The minimum absolute atomic E-state index is 0.339. The summed E-state index contributed by atoms with van der Waals surface area (Å²) in [5.41, 5.74) is 0.848. The van der Waals surface area contributed by atoms with E-state index in [-0.39, 0.29) is 5.97 Å². The van der Waals surface area contributed by atoms with Crippen LogP contribution in [-0.2, 0) is 14.1 Å². The number of ether oxygens (including phenoxy) is 1. The molecule has 0 aliphatic carbocycles. The Morgan fingerprint density at radius 3 is 2.20 bits per heavy atom. The quantitative estimate of drug-likeness (QED) is 0.402. The summed E-state index contributed by atoms with van der Waals surface area (Å²) in [6, 6.07) is 0. The topological polar surface area (TPSA) is 43.4 Å². The molecule has 0 N–H and O–H groups in total. The van der Waals surface area contributed by atoms with E-state index in [9.17, 15) is 9.36 Å². The lowest BCUT2D eigenvalue weighted by atomic mass is 10.3. The van der Waals surface area contributed by atoms with Gasteiger partial charge in [-0.2, -0.15) is 0 Å². The maximum atomic E-state index is 12.1. The standard InChI is InChI=1S/C11H21O3P/c1-5-14-11(12)8-10(4)9-15(13,6-2)7-3/h8H,5-7,9H2,1-4H3. The van der Waals surface area contributed by atoms with E-state index in [1.165, 1.54) is 6.08 Å². The molecular formula is C11H21O3P. The van der Waals surface area contributed by atoms with Crippen LogP contribution in [0.4, 0.5) is 0 Å². The third kappa shape index (κ3) is 5.78. The third-order valence-corrected chi connectivity index (χ3v) is 5.72. The second-order valence-corrected chi connectivity index (χ2v) is 7.29. The van der Waals surface area contributed by atoms with Gasteiger partial charge in [-0.3, -0.25) is 0 Å². The molecule has 0 fully saturated rings. The van der Waals surface area contributed by atoms with Gasteiger partial charge in [0.15, 0.2) is 0 Å². The molecular weight excluding hydrogens is 211 g/mol. The van der Waals surface area contributed by atoms with E-state index in [0.29, 0.717) is 25.1 Å². The molecule has 0 aromatic carbocycles. The van der Waals surface area contributed by atoms with Gasteiger partial charge in [-0.25, -0.2) is 4.79 Å². The van der Waals surface area contributed by atoms with E-state index in [0.717, 1.165) is 5.57 Å². The first-order valence-corrected chi connectivity index (χ1v) is 7.64. The van der Waals surface area contributed by atoms with Crippen molar-refractivity contribution in [2.45, 2.75) is 27.7 Å². The minimum atomic E-state index is -2.09. The lowest BCUT2D eigenvalue weighted by molar-refractivity contribution is -0.137. The van der Waals surface area contributed by atoms with Gasteiger partial charge in [0.1, 0.15) is 0 Å². The normalized spacial score (nSPS) is 12.7.